The minimum Gasteiger partial charge on any atom is -0.327 e. The van der Waals surface area contributed by atoms with Crippen LogP contribution in [0.2, 0.25) is 0 Å². The van der Waals surface area contributed by atoms with Gasteiger partial charge in [-0.05, 0) is 48.1 Å². The number of carbonyl (C=O) groups excluding carboxylic acids is 1. The number of rotatable bonds is 3. The van der Waals surface area contributed by atoms with Crippen molar-refractivity contribution < 1.29 is 9.72 Å². The number of thiocarbonyl (C=S) groups is 1. The Balaban J connectivity index is 1.88. The molecule has 0 unspecified atom stereocenters. The molecule has 0 saturated carbocycles. The molecule has 1 fully saturated rings. The highest BCUT2D eigenvalue weighted by Gasteiger charge is 2.31. The van der Waals surface area contributed by atoms with Crippen LogP contribution in [-0.2, 0) is 4.79 Å². The molecule has 0 spiro atoms. The van der Waals surface area contributed by atoms with E-state index < -0.39 is 4.92 Å². The molecule has 1 saturated heterocycles. The van der Waals surface area contributed by atoms with Crippen LogP contribution in [0.15, 0.2) is 60.3 Å². The van der Waals surface area contributed by atoms with Crippen LogP contribution in [0.1, 0.15) is 5.56 Å². The van der Waals surface area contributed by atoms with Gasteiger partial charge in [0.2, 0.25) is 0 Å². The van der Waals surface area contributed by atoms with Gasteiger partial charge in [-0.1, -0.05) is 18.2 Å². The van der Waals surface area contributed by atoms with Gasteiger partial charge in [-0.25, -0.2) is 0 Å². The minimum atomic E-state index is -0.470. The van der Waals surface area contributed by atoms with Crippen molar-refractivity contribution in [3.63, 3.8) is 0 Å². The van der Waals surface area contributed by atoms with E-state index in [0.29, 0.717) is 22.1 Å². The van der Waals surface area contributed by atoms with E-state index in [2.05, 4.69) is 5.32 Å². The maximum Gasteiger partial charge on any atom is 0.281 e. The van der Waals surface area contributed by atoms with Gasteiger partial charge in [-0.2, -0.15) is 0 Å². The van der Waals surface area contributed by atoms with E-state index in [-0.39, 0.29) is 11.6 Å². The normalized spacial score (nSPS) is 15.8. The largest absolute Gasteiger partial charge is 0.327 e. The van der Waals surface area contributed by atoms with Crippen LogP contribution in [0, 0.1) is 10.1 Å². The van der Waals surface area contributed by atoms with Gasteiger partial charge in [-0.15, -0.1) is 0 Å². The van der Waals surface area contributed by atoms with Gasteiger partial charge in [0.05, 0.1) is 10.6 Å². The zero-order chi connectivity index (χ0) is 16.4. The number of nitrogens with one attached hydrogen (secondary N) is 1. The SMILES string of the molecule is O=C1/C(=C\c2ccc([N+](=O)[O-])cc2)NC(=S)N1c1ccccc1. The summed E-state index contributed by atoms with van der Waals surface area (Å²) in [6, 6.07) is 15.0. The Morgan fingerprint density at radius 3 is 2.35 bits per heavy atom. The number of nitro groups is 1. The van der Waals surface area contributed by atoms with Crippen LogP contribution >= 0.6 is 12.2 Å². The number of non-ortho nitro benzene ring substituents is 1. The van der Waals surface area contributed by atoms with E-state index in [4.69, 9.17) is 12.2 Å². The second kappa shape index (κ2) is 5.98. The fourth-order valence-electron chi connectivity index (χ4n) is 2.21. The Labute approximate surface area is 137 Å². The van der Waals surface area contributed by atoms with Crippen LogP contribution in [0.3, 0.4) is 0 Å². The summed E-state index contributed by atoms with van der Waals surface area (Å²) < 4.78 is 0. The predicted molar refractivity (Wildman–Crippen MR) is 90.7 cm³/mol. The lowest BCUT2D eigenvalue weighted by atomic mass is 10.1. The molecule has 6 nitrogen and oxygen atoms in total. The highest BCUT2D eigenvalue weighted by molar-refractivity contribution is 7.80. The highest BCUT2D eigenvalue weighted by Crippen LogP contribution is 2.22. The van der Waals surface area contributed by atoms with Crippen molar-refractivity contribution in [2.75, 3.05) is 4.90 Å². The zero-order valence-electron chi connectivity index (χ0n) is 11.8. The Bertz CT molecular complexity index is 816. The quantitative estimate of drug-likeness (QED) is 0.406. The molecular weight excluding hydrogens is 314 g/mol. The Morgan fingerprint density at radius 2 is 1.74 bits per heavy atom. The first kappa shape index (κ1) is 14.9. The van der Waals surface area contributed by atoms with E-state index in [1.165, 1.54) is 17.0 Å². The molecule has 1 heterocycles. The third kappa shape index (κ3) is 2.95. The van der Waals surface area contributed by atoms with E-state index in [1.807, 2.05) is 18.2 Å². The average Bonchev–Trinajstić information content (AvgIpc) is 2.82. The molecule has 0 aromatic heterocycles. The molecule has 23 heavy (non-hydrogen) atoms. The lowest BCUT2D eigenvalue weighted by Crippen LogP contribution is -2.30. The summed E-state index contributed by atoms with van der Waals surface area (Å²) in [4.78, 5) is 24.1. The molecule has 1 aliphatic rings. The first-order valence-electron chi connectivity index (χ1n) is 6.73. The fourth-order valence-corrected chi connectivity index (χ4v) is 2.50. The number of anilines is 1. The molecular formula is C16H11N3O3S. The number of hydrogen-bond acceptors (Lipinski definition) is 4. The third-order valence-corrected chi connectivity index (χ3v) is 3.59. The lowest BCUT2D eigenvalue weighted by molar-refractivity contribution is -0.384. The summed E-state index contributed by atoms with van der Waals surface area (Å²) >= 11 is 5.21. The van der Waals surface area contributed by atoms with E-state index in [0.717, 1.165) is 0 Å². The van der Waals surface area contributed by atoms with Crippen LogP contribution in [0.5, 0.6) is 0 Å². The van der Waals surface area contributed by atoms with Crippen LogP contribution < -0.4 is 10.2 Å². The summed E-state index contributed by atoms with van der Waals surface area (Å²) in [7, 11) is 0. The molecule has 1 N–H and O–H groups in total. The van der Waals surface area contributed by atoms with E-state index >= 15 is 0 Å². The third-order valence-electron chi connectivity index (χ3n) is 3.31. The summed E-state index contributed by atoms with van der Waals surface area (Å²) in [5, 5.41) is 13.8. The smallest absolute Gasteiger partial charge is 0.281 e. The van der Waals surface area contributed by atoms with E-state index in [1.54, 1.807) is 30.3 Å². The molecule has 114 valence electrons. The average molecular weight is 325 g/mol. The summed E-state index contributed by atoms with van der Waals surface area (Å²) in [6.07, 6.45) is 1.61. The maximum atomic E-state index is 12.5. The number of carbonyl (C=O) groups is 1. The number of hydrogen-bond donors (Lipinski definition) is 1. The molecule has 3 rings (SSSR count). The number of para-hydroxylation sites is 1. The predicted octanol–water partition coefficient (Wildman–Crippen LogP) is 2.86. The van der Waals surface area contributed by atoms with Crippen molar-refractivity contribution in [1.82, 2.24) is 5.32 Å². The Morgan fingerprint density at radius 1 is 1.09 bits per heavy atom. The number of nitrogens with zero attached hydrogens (tertiary/aromatic N) is 2. The molecule has 1 amide bonds. The monoisotopic (exact) mass is 325 g/mol. The van der Waals surface area contributed by atoms with Gasteiger partial charge in [-0.3, -0.25) is 19.8 Å². The number of benzene rings is 2. The molecule has 0 atom stereocenters. The number of nitro benzene ring substituents is 1. The van der Waals surface area contributed by atoms with Crippen molar-refractivity contribution in [3.05, 3.63) is 76.0 Å². The van der Waals surface area contributed by atoms with Gasteiger partial charge in [0.25, 0.3) is 11.6 Å². The standard InChI is InChI=1S/C16H11N3O3S/c20-15-14(10-11-6-8-13(9-7-11)19(21)22)17-16(23)18(15)12-4-2-1-3-5-12/h1-10H,(H,17,23)/b14-10+. The van der Waals surface area contributed by atoms with Crippen molar-refractivity contribution in [1.29, 1.82) is 0 Å². The van der Waals surface area contributed by atoms with Crippen molar-refractivity contribution in [3.8, 4) is 0 Å². The van der Waals surface area contributed by atoms with Crippen LogP contribution in [-0.4, -0.2) is 15.9 Å². The molecule has 0 bridgehead atoms. The first-order valence-corrected chi connectivity index (χ1v) is 7.14. The Kier molecular flexibility index (Phi) is 3.86. The fraction of sp³-hybridized carbons (Fsp3) is 0. The maximum absolute atomic E-state index is 12.5. The van der Waals surface area contributed by atoms with E-state index in [9.17, 15) is 14.9 Å². The van der Waals surface area contributed by atoms with Crippen molar-refractivity contribution >= 4 is 40.7 Å². The van der Waals surface area contributed by atoms with Crippen LogP contribution in [0.25, 0.3) is 6.08 Å². The summed E-state index contributed by atoms with van der Waals surface area (Å²) in [6.45, 7) is 0. The minimum absolute atomic E-state index is 0.000657. The molecule has 2 aromatic rings. The summed E-state index contributed by atoms with van der Waals surface area (Å²) in [5.74, 6) is -0.264. The molecule has 7 heteroatoms. The second-order valence-corrected chi connectivity index (χ2v) is 5.20. The topological polar surface area (TPSA) is 75.5 Å². The van der Waals surface area contributed by atoms with Crippen molar-refractivity contribution in [2.24, 2.45) is 0 Å². The van der Waals surface area contributed by atoms with Gasteiger partial charge < -0.3 is 5.32 Å². The van der Waals surface area contributed by atoms with Gasteiger partial charge in [0.15, 0.2) is 5.11 Å². The second-order valence-electron chi connectivity index (χ2n) is 4.81. The van der Waals surface area contributed by atoms with Gasteiger partial charge >= 0.3 is 0 Å². The first-order chi connectivity index (χ1) is 11.1. The van der Waals surface area contributed by atoms with Gasteiger partial charge in [0, 0.05) is 12.1 Å². The highest BCUT2D eigenvalue weighted by atomic mass is 32.1. The van der Waals surface area contributed by atoms with Gasteiger partial charge in [0.1, 0.15) is 5.70 Å². The lowest BCUT2D eigenvalue weighted by Gasteiger charge is -2.13. The Hall–Kier alpha value is -3.06. The number of amides is 1. The molecule has 0 aliphatic carbocycles. The van der Waals surface area contributed by atoms with Crippen molar-refractivity contribution in [2.45, 2.75) is 0 Å². The molecule has 2 aromatic carbocycles. The molecule has 1 aliphatic heterocycles. The zero-order valence-corrected chi connectivity index (χ0v) is 12.6. The summed E-state index contributed by atoms with van der Waals surface area (Å²) in [5.41, 5.74) is 1.68. The van der Waals surface area contributed by atoms with Crippen LogP contribution in [0.4, 0.5) is 11.4 Å². The molecule has 0 radical (unpaired) electrons.